The van der Waals surface area contributed by atoms with Gasteiger partial charge in [-0.1, -0.05) is 23.4 Å². The quantitative estimate of drug-likeness (QED) is 0.269. The Bertz CT molecular complexity index is 1340. The molecule has 0 spiro atoms. The molecule has 0 saturated carbocycles. The predicted octanol–water partition coefficient (Wildman–Crippen LogP) is 2.35. The Hall–Kier alpha value is -3.63. The van der Waals surface area contributed by atoms with E-state index in [1.807, 2.05) is 6.07 Å². The van der Waals surface area contributed by atoms with Crippen molar-refractivity contribution in [2.75, 3.05) is 5.73 Å². The Kier molecular flexibility index (Phi) is 6.99. The Morgan fingerprint density at radius 1 is 1.15 bits per heavy atom. The SMILES string of the molecule is Nc1c(-c2cc(Cc3cccc(OCc4cccc(F)c4)n3)no2)ccc[n+]1COP(=O)([O-])O. The Labute approximate surface area is 193 Å². The van der Waals surface area contributed by atoms with Crippen molar-refractivity contribution in [3.63, 3.8) is 0 Å². The van der Waals surface area contributed by atoms with Gasteiger partial charge in [0.15, 0.2) is 12.5 Å². The zero-order valence-electron chi connectivity index (χ0n) is 17.7. The third-order valence-corrected chi connectivity index (χ3v) is 5.16. The molecule has 1 aromatic carbocycles. The fraction of sp³-hybridized carbons (Fsp3) is 0.136. The number of rotatable bonds is 9. The molecule has 34 heavy (non-hydrogen) atoms. The lowest BCUT2D eigenvalue weighted by Gasteiger charge is -2.14. The number of anilines is 1. The van der Waals surface area contributed by atoms with Crippen LogP contribution in [0.3, 0.4) is 0 Å². The van der Waals surface area contributed by atoms with Gasteiger partial charge < -0.3 is 19.0 Å². The number of aromatic nitrogens is 3. The number of pyridine rings is 2. The van der Waals surface area contributed by atoms with E-state index in [4.69, 9.17) is 19.9 Å². The van der Waals surface area contributed by atoms with Crippen molar-refractivity contribution in [2.45, 2.75) is 19.8 Å². The molecule has 1 unspecified atom stereocenters. The standard InChI is InChI=1S/C22H20FN4O6P/c23-16-5-1-4-15(10-16)13-31-21-8-2-6-17(25-21)11-18-12-20(33-26-18)19-7-3-9-27(22(19)24)14-32-34(28,29)30/h1-10,12,24H,11,13-14H2,(H2,28,29,30). The molecular formula is C22H20FN4O6P. The van der Waals surface area contributed by atoms with Gasteiger partial charge in [0.1, 0.15) is 18.0 Å². The van der Waals surface area contributed by atoms with Crippen molar-refractivity contribution in [1.29, 1.82) is 0 Å². The molecule has 0 aliphatic carbocycles. The number of hydrogen-bond acceptors (Lipinski definition) is 8. The zero-order chi connectivity index (χ0) is 24.1. The normalized spacial score (nSPS) is 12.9. The number of benzene rings is 1. The number of nitrogen functional groups attached to an aromatic ring is 1. The molecule has 0 saturated heterocycles. The van der Waals surface area contributed by atoms with E-state index in [-0.39, 0.29) is 18.2 Å². The number of ether oxygens (including phenoxy) is 1. The summed E-state index contributed by atoms with van der Waals surface area (Å²) in [5, 5.41) is 4.05. The van der Waals surface area contributed by atoms with Gasteiger partial charge in [-0.25, -0.2) is 13.9 Å². The fourth-order valence-electron chi connectivity index (χ4n) is 3.15. The number of phosphoric ester groups is 1. The van der Waals surface area contributed by atoms with Crippen LogP contribution in [0, 0.1) is 5.82 Å². The van der Waals surface area contributed by atoms with Gasteiger partial charge in [-0.3, -0.25) is 14.8 Å². The second-order valence-electron chi connectivity index (χ2n) is 7.25. The van der Waals surface area contributed by atoms with Crippen LogP contribution in [0.15, 0.2) is 71.4 Å². The van der Waals surface area contributed by atoms with Crippen LogP contribution in [-0.2, 0) is 28.8 Å². The van der Waals surface area contributed by atoms with E-state index in [9.17, 15) is 13.8 Å². The van der Waals surface area contributed by atoms with Gasteiger partial charge in [0.2, 0.25) is 5.88 Å². The summed E-state index contributed by atoms with van der Waals surface area (Å²) < 4.78 is 40.9. The van der Waals surface area contributed by atoms with Crippen molar-refractivity contribution in [3.8, 4) is 17.2 Å². The topological polar surface area (TPSA) is 148 Å². The monoisotopic (exact) mass is 486 g/mol. The van der Waals surface area contributed by atoms with Crippen LogP contribution in [0.4, 0.5) is 10.2 Å². The number of phosphoric acid groups is 1. The summed E-state index contributed by atoms with van der Waals surface area (Å²) >= 11 is 0. The maximum absolute atomic E-state index is 13.3. The van der Waals surface area contributed by atoms with Crippen molar-refractivity contribution in [2.24, 2.45) is 0 Å². The predicted molar refractivity (Wildman–Crippen MR) is 115 cm³/mol. The third kappa shape index (κ3) is 6.24. The first-order valence-electron chi connectivity index (χ1n) is 10.0. The second kappa shape index (κ2) is 10.1. The number of nitrogens with two attached hydrogens (primary N) is 1. The van der Waals surface area contributed by atoms with Gasteiger partial charge in [-0.05, 0) is 35.9 Å². The maximum atomic E-state index is 13.3. The first-order valence-corrected chi connectivity index (χ1v) is 11.5. The van der Waals surface area contributed by atoms with Gasteiger partial charge in [0, 0.05) is 18.6 Å². The highest BCUT2D eigenvalue weighted by Crippen LogP contribution is 2.30. The Balaban J connectivity index is 1.44. The average molecular weight is 486 g/mol. The van der Waals surface area contributed by atoms with Crippen LogP contribution in [0.5, 0.6) is 5.88 Å². The van der Waals surface area contributed by atoms with Crippen LogP contribution in [0.1, 0.15) is 17.0 Å². The Morgan fingerprint density at radius 3 is 2.76 bits per heavy atom. The van der Waals surface area contributed by atoms with E-state index >= 15 is 0 Å². The number of nitrogens with zero attached hydrogens (tertiary/aromatic N) is 3. The van der Waals surface area contributed by atoms with Gasteiger partial charge in [-0.15, -0.1) is 0 Å². The second-order valence-corrected chi connectivity index (χ2v) is 8.44. The molecule has 3 aromatic heterocycles. The van der Waals surface area contributed by atoms with Crippen molar-refractivity contribution in [1.82, 2.24) is 10.1 Å². The summed E-state index contributed by atoms with van der Waals surface area (Å²) in [6.07, 6.45) is 1.84. The molecule has 10 nitrogen and oxygen atoms in total. The van der Waals surface area contributed by atoms with Crippen LogP contribution in [-0.4, -0.2) is 15.0 Å². The third-order valence-electron chi connectivity index (χ3n) is 4.72. The lowest BCUT2D eigenvalue weighted by atomic mass is 10.1. The molecule has 0 fully saturated rings. The minimum absolute atomic E-state index is 0.157. The smallest absolute Gasteiger partial charge is 0.285 e. The van der Waals surface area contributed by atoms with Crippen molar-refractivity contribution < 1.29 is 37.1 Å². The molecule has 0 aliphatic rings. The zero-order valence-corrected chi connectivity index (χ0v) is 18.6. The summed E-state index contributed by atoms with van der Waals surface area (Å²) in [4.78, 5) is 24.1. The highest BCUT2D eigenvalue weighted by Gasteiger charge is 2.18. The summed E-state index contributed by atoms with van der Waals surface area (Å²) in [6.45, 7) is -0.318. The number of hydrogen-bond donors (Lipinski definition) is 2. The van der Waals surface area contributed by atoms with Crippen LogP contribution >= 0.6 is 7.82 Å². The molecule has 176 valence electrons. The van der Waals surface area contributed by atoms with E-state index in [0.717, 1.165) is 0 Å². The van der Waals surface area contributed by atoms with Crippen LogP contribution in [0.2, 0.25) is 0 Å². The fourth-order valence-corrected chi connectivity index (χ4v) is 3.42. The van der Waals surface area contributed by atoms with Gasteiger partial charge in [0.05, 0.1) is 17.6 Å². The highest BCUT2D eigenvalue weighted by atomic mass is 31.2. The molecule has 0 radical (unpaired) electrons. The van der Waals surface area contributed by atoms with Crippen LogP contribution in [0.25, 0.3) is 11.3 Å². The molecule has 0 aliphatic heterocycles. The molecular weight excluding hydrogens is 466 g/mol. The number of halogens is 1. The first-order chi connectivity index (χ1) is 16.3. The summed E-state index contributed by atoms with van der Waals surface area (Å²) in [5.41, 5.74) is 8.49. The van der Waals surface area contributed by atoms with E-state index in [1.54, 1.807) is 42.5 Å². The van der Waals surface area contributed by atoms with Gasteiger partial charge >= 0.3 is 0 Å². The average Bonchev–Trinajstić information content (AvgIpc) is 3.25. The van der Waals surface area contributed by atoms with Gasteiger partial charge in [-0.2, -0.15) is 0 Å². The van der Waals surface area contributed by atoms with E-state index in [2.05, 4.69) is 14.7 Å². The summed E-state index contributed by atoms with van der Waals surface area (Å²) in [5.74, 6) is 0.568. The summed E-state index contributed by atoms with van der Waals surface area (Å²) in [6, 6.07) is 16.4. The molecule has 12 heteroatoms. The maximum Gasteiger partial charge on any atom is 0.285 e. The van der Waals surface area contributed by atoms with Crippen LogP contribution < -0.4 is 19.9 Å². The van der Waals surface area contributed by atoms with E-state index < -0.39 is 14.6 Å². The minimum Gasteiger partial charge on any atom is -0.756 e. The highest BCUT2D eigenvalue weighted by molar-refractivity contribution is 7.44. The lowest BCUT2D eigenvalue weighted by molar-refractivity contribution is -0.712. The molecule has 4 aromatic rings. The van der Waals surface area contributed by atoms with E-state index in [1.165, 1.54) is 22.9 Å². The van der Waals surface area contributed by atoms with Crippen molar-refractivity contribution in [3.05, 3.63) is 89.6 Å². The molecule has 3 N–H and O–H groups in total. The largest absolute Gasteiger partial charge is 0.756 e. The molecule has 0 bridgehead atoms. The summed E-state index contributed by atoms with van der Waals surface area (Å²) in [7, 11) is -4.90. The molecule has 1 atom stereocenters. The first kappa shape index (κ1) is 23.5. The van der Waals surface area contributed by atoms with Crippen molar-refractivity contribution >= 4 is 13.6 Å². The molecule has 0 amide bonds. The minimum atomic E-state index is -4.90. The lowest BCUT2D eigenvalue weighted by Crippen LogP contribution is -2.38. The van der Waals surface area contributed by atoms with Gasteiger partial charge in [0.25, 0.3) is 13.6 Å². The molecule has 3 heterocycles. The Morgan fingerprint density at radius 2 is 1.97 bits per heavy atom. The van der Waals surface area contributed by atoms with E-state index in [0.29, 0.717) is 40.6 Å². The molecule has 4 rings (SSSR count).